The van der Waals surface area contributed by atoms with Crippen molar-refractivity contribution in [2.24, 2.45) is 0 Å². The highest BCUT2D eigenvalue weighted by molar-refractivity contribution is 5.97. The summed E-state index contributed by atoms with van der Waals surface area (Å²) >= 11 is 0. The van der Waals surface area contributed by atoms with E-state index in [2.05, 4.69) is 70.8 Å². The van der Waals surface area contributed by atoms with Crippen LogP contribution in [0.15, 0.2) is 55.6 Å². The molecule has 0 amide bonds. The molecule has 0 fully saturated rings. The second-order valence-electron chi connectivity index (χ2n) is 5.69. The first-order chi connectivity index (χ1) is 9.41. The van der Waals surface area contributed by atoms with Gasteiger partial charge in [-0.1, -0.05) is 60.7 Å². The third-order valence-electron chi connectivity index (χ3n) is 3.52. The predicted molar refractivity (Wildman–Crippen MR) is 91.9 cm³/mol. The average Bonchev–Trinajstić information content (AvgIpc) is 2.36. The number of fused-ring (bicyclic) bond motifs is 1. The lowest BCUT2D eigenvalue weighted by Gasteiger charge is -2.18. The molecule has 0 unspecified atom stereocenters. The quantitative estimate of drug-likeness (QED) is 0.590. The zero-order valence-electron chi connectivity index (χ0n) is 12.7. The topological polar surface area (TPSA) is 0 Å². The Balaban J connectivity index is 2.92. The zero-order chi connectivity index (χ0) is 14.9. The minimum atomic E-state index is 0.870. The van der Waals surface area contributed by atoms with Gasteiger partial charge in [-0.25, -0.2) is 0 Å². The van der Waals surface area contributed by atoms with Crippen molar-refractivity contribution < 1.29 is 0 Å². The number of benzene rings is 2. The molecule has 0 heteroatoms. The smallest absolute Gasteiger partial charge is 0.00603 e. The molecule has 0 radical (unpaired) electrons. The standard InChI is InChI=1S/C20H22/c1-13(2)11-19-18(14(3)4)12-16-9-7-8-10-17(16)20(19)15(5)6/h7-10,12H,1,3,5,11H2,2,4,6H3. The van der Waals surface area contributed by atoms with Gasteiger partial charge in [0, 0.05) is 0 Å². The zero-order valence-corrected chi connectivity index (χ0v) is 12.7. The molecule has 0 nitrogen and oxygen atoms in total. The van der Waals surface area contributed by atoms with Crippen molar-refractivity contribution in [3.05, 3.63) is 72.3 Å². The molecule has 0 atom stereocenters. The Hall–Kier alpha value is -2.08. The van der Waals surface area contributed by atoms with Crippen LogP contribution in [0.3, 0.4) is 0 Å². The number of rotatable bonds is 4. The van der Waals surface area contributed by atoms with Crippen molar-refractivity contribution >= 4 is 21.9 Å². The molecule has 0 heterocycles. The second kappa shape index (κ2) is 5.50. The molecule has 0 spiro atoms. The van der Waals surface area contributed by atoms with Crippen LogP contribution >= 0.6 is 0 Å². The van der Waals surface area contributed by atoms with E-state index in [0.717, 1.165) is 23.1 Å². The van der Waals surface area contributed by atoms with Crippen LogP contribution in [0.4, 0.5) is 0 Å². The van der Waals surface area contributed by atoms with Crippen LogP contribution in [-0.2, 0) is 6.42 Å². The van der Waals surface area contributed by atoms with E-state index >= 15 is 0 Å². The molecule has 20 heavy (non-hydrogen) atoms. The van der Waals surface area contributed by atoms with Gasteiger partial charge in [0.05, 0.1) is 0 Å². The van der Waals surface area contributed by atoms with E-state index in [1.807, 2.05) is 0 Å². The van der Waals surface area contributed by atoms with Gasteiger partial charge in [0.15, 0.2) is 0 Å². The predicted octanol–water partition coefficient (Wildman–Crippen LogP) is 6.02. The van der Waals surface area contributed by atoms with Crippen LogP contribution in [0.2, 0.25) is 0 Å². The lowest BCUT2D eigenvalue weighted by atomic mass is 9.86. The molecule has 0 aliphatic heterocycles. The van der Waals surface area contributed by atoms with Crippen molar-refractivity contribution in [2.75, 3.05) is 0 Å². The highest BCUT2D eigenvalue weighted by Crippen LogP contribution is 2.34. The lowest BCUT2D eigenvalue weighted by Crippen LogP contribution is -2.00. The van der Waals surface area contributed by atoms with Gasteiger partial charge in [-0.3, -0.25) is 0 Å². The van der Waals surface area contributed by atoms with E-state index in [1.54, 1.807) is 0 Å². The Bertz CT molecular complexity index is 714. The van der Waals surface area contributed by atoms with Crippen molar-refractivity contribution in [2.45, 2.75) is 27.2 Å². The van der Waals surface area contributed by atoms with Crippen molar-refractivity contribution in [3.63, 3.8) is 0 Å². The van der Waals surface area contributed by atoms with Crippen LogP contribution in [0.5, 0.6) is 0 Å². The van der Waals surface area contributed by atoms with E-state index in [9.17, 15) is 0 Å². The normalized spacial score (nSPS) is 10.6. The van der Waals surface area contributed by atoms with Gasteiger partial charge >= 0.3 is 0 Å². The van der Waals surface area contributed by atoms with Crippen molar-refractivity contribution in [3.8, 4) is 0 Å². The fourth-order valence-corrected chi connectivity index (χ4v) is 2.74. The molecule has 0 aliphatic carbocycles. The van der Waals surface area contributed by atoms with Gasteiger partial charge in [0.2, 0.25) is 0 Å². The summed E-state index contributed by atoms with van der Waals surface area (Å²) in [5.41, 5.74) is 7.13. The maximum absolute atomic E-state index is 4.18. The van der Waals surface area contributed by atoms with Crippen LogP contribution in [0.1, 0.15) is 37.5 Å². The molecule has 2 aromatic rings. The first-order valence-electron chi connectivity index (χ1n) is 6.92. The Morgan fingerprint density at radius 1 is 0.950 bits per heavy atom. The fraction of sp³-hybridized carbons (Fsp3) is 0.200. The maximum Gasteiger partial charge on any atom is -0.00603 e. The van der Waals surface area contributed by atoms with Crippen LogP contribution < -0.4 is 0 Å². The first kappa shape index (κ1) is 14.3. The number of allylic oxidation sites excluding steroid dienone is 3. The highest BCUT2D eigenvalue weighted by Gasteiger charge is 2.14. The number of hydrogen-bond acceptors (Lipinski definition) is 0. The van der Waals surface area contributed by atoms with Gasteiger partial charge in [0.25, 0.3) is 0 Å². The summed E-state index contributed by atoms with van der Waals surface area (Å²) in [5.74, 6) is 0. The summed E-state index contributed by atoms with van der Waals surface area (Å²) in [6.07, 6.45) is 0.870. The third kappa shape index (κ3) is 2.60. The Kier molecular flexibility index (Phi) is 3.94. The highest BCUT2D eigenvalue weighted by atomic mass is 14.2. The molecule has 0 aromatic heterocycles. The largest absolute Gasteiger partial charge is 0.0998 e. The fourth-order valence-electron chi connectivity index (χ4n) is 2.74. The lowest BCUT2D eigenvalue weighted by molar-refractivity contribution is 1.14. The van der Waals surface area contributed by atoms with E-state index in [1.165, 1.54) is 27.5 Å². The summed E-state index contributed by atoms with van der Waals surface area (Å²) < 4.78 is 0. The summed E-state index contributed by atoms with van der Waals surface area (Å²) in [4.78, 5) is 0. The van der Waals surface area contributed by atoms with Gasteiger partial charge in [-0.05, 0) is 60.7 Å². The van der Waals surface area contributed by atoms with Gasteiger partial charge in [-0.2, -0.15) is 0 Å². The molecular weight excluding hydrogens is 240 g/mol. The minimum Gasteiger partial charge on any atom is -0.0998 e. The Morgan fingerprint density at radius 2 is 1.60 bits per heavy atom. The minimum absolute atomic E-state index is 0.870. The van der Waals surface area contributed by atoms with E-state index in [4.69, 9.17) is 0 Å². The first-order valence-corrected chi connectivity index (χ1v) is 6.92. The Morgan fingerprint density at radius 3 is 2.15 bits per heavy atom. The summed E-state index contributed by atoms with van der Waals surface area (Å²) in [7, 11) is 0. The van der Waals surface area contributed by atoms with Crippen LogP contribution in [-0.4, -0.2) is 0 Å². The molecule has 2 aromatic carbocycles. The summed E-state index contributed by atoms with van der Waals surface area (Å²) in [6.45, 7) is 18.6. The van der Waals surface area contributed by atoms with Crippen molar-refractivity contribution in [1.29, 1.82) is 0 Å². The SMILES string of the molecule is C=C(C)Cc1c(C(=C)C)cc2ccccc2c1C(=C)C. The third-order valence-corrected chi connectivity index (χ3v) is 3.52. The van der Waals surface area contributed by atoms with Gasteiger partial charge in [-0.15, -0.1) is 0 Å². The summed E-state index contributed by atoms with van der Waals surface area (Å²) in [5, 5.41) is 2.51. The van der Waals surface area contributed by atoms with E-state index in [0.29, 0.717) is 0 Å². The van der Waals surface area contributed by atoms with E-state index in [-0.39, 0.29) is 0 Å². The molecule has 0 saturated heterocycles. The van der Waals surface area contributed by atoms with Crippen LogP contribution in [0, 0.1) is 0 Å². The molecule has 0 bridgehead atoms. The molecule has 0 aliphatic rings. The molecule has 0 saturated carbocycles. The summed E-state index contributed by atoms with van der Waals surface area (Å²) in [6, 6.07) is 10.7. The Labute approximate surface area is 122 Å². The number of hydrogen-bond donors (Lipinski definition) is 0. The van der Waals surface area contributed by atoms with Crippen LogP contribution in [0.25, 0.3) is 21.9 Å². The van der Waals surface area contributed by atoms with Gasteiger partial charge < -0.3 is 0 Å². The average molecular weight is 262 g/mol. The molecule has 0 N–H and O–H groups in total. The van der Waals surface area contributed by atoms with E-state index < -0.39 is 0 Å². The monoisotopic (exact) mass is 262 g/mol. The van der Waals surface area contributed by atoms with Gasteiger partial charge in [0.1, 0.15) is 0 Å². The second-order valence-corrected chi connectivity index (χ2v) is 5.69. The molecule has 102 valence electrons. The van der Waals surface area contributed by atoms with Crippen molar-refractivity contribution in [1.82, 2.24) is 0 Å². The maximum atomic E-state index is 4.18. The molecule has 2 rings (SSSR count). The molecular formula is C20H22.